The average molecular weight is 340 g/mol. The minimum atomic E-state index is -0.0606. The van der Waals surface area contributed by atoms with Gasteiger partial charge in [0.25, 0.3) is 5.91 Å². The Morgan fingerprint density at radius 3 is 3.18 bits per heavy atom. The van der Waals surface area contributed by atoms with Crippen LogP contribution in [0.3, 0.4) is 0 Å². The molecule has 4 N–H and O–H groups in total. The molecule has 0 radical (unpaired) electrons. The summed E-state index contributed by atoms with van der Waals surface area (Å²) < 4.78 is 0. The fourth-order valence-electron chi connectivity index (χ4n) is 2.28. The van der Waals surface area contributed by atoms with E-state index in [1.165, 1.54) is 0 Å². The molecule has 0 saturated heterocycles. The van der Waals surface area contributed by atoms with Crippen molar-refractivity contribution in [2.45, 2.75) is 0 Å². The zero-order valence-electron chi connectivity index (χ0n) is 11.9. The van der Waals surface area contributed by atoms with E-state index in [9.17, 15) is 4.79 Å². The summed E-state index contributed by atoms with van der Waals surface area (Å²) in [5.41, 5.74) is 7.33. The van der Waals surface area contributed by atoms with Crippen LogP contribution in [0.1, 0.15) is 0 Å². The molecule has 0 bridgehead atoms. The second-order valence-electron chi connectivity index (χ2n) is 4.65. The fourth-order valence-corrected chi connectivity index (χ4v) is 3.19. The van der Waals surface area contributed by atoms with Gasteiger partial charge < -0.3 is 20.9 Å². The smallest absolute Gasteiger partial charge is 0.259 e. The van der Waals surface area contributed by atoms with Gasteiger partial charge in [-0.3, -0.25) is 4.79 Å². The Morgan fingerprint density at radius 2 is 2.36 bits per heavy atom. The molecule has 1 aliphatic heterocycles. The molecule has 0 aromatic carbocycles. The normalized spacial score (nSPS) is 14.4. The maximum Gasteiger partial charge on any atom is 0.259 e. The Labute approximate surface area is 138 Å². The second-order valence-corrected chi connectivity index (χ2v) is 5.79. The number of aromatic amines is 1. The number of nitrogens with two attached hydrogens (primary N) is 1. The van der Waals surface area contributed by atoms with E-state index in [0.29, 0.717) is 13.1 Å². The van der Waals surface area contributed by atoms with Crippen molar-refractivity contribution < 1.29 is 4.79 Å². The Bertz CT molecular complexity index is 687. The fraction of sp³-hybridized carbons (Fsp3) is 0.286. The molecule has 2 aromatic rings. The number of pyridine rings is 1. The van der Waals surface area contributed by atoms with E-state index in [2.05, 4.69) is 20.2 Å². The predicted octanol–water partition coefficient (Wildman–Crippen LogP) is 1.45. The first kappa shape index (κ1) is 16.7. The molecule has 3 heterocycles. The molecular weight excluding hydrogens is 322 g/mol. The first-order chi connectivity index (χ1) is 10.3. The summed E-state index contributed by atoms with van der Waals surface area (Å²) in [6, 6.07) is 3.97. The number of thioether (sulfide) groups is 1. The molecule has 118 valence electrons. The van der Waals surface area contributed by atoms with Gasteiger partial charge in [-0.15, -0.1) is 24.2 Å². The molecule has 2 aromatic heterocycles. The highest BCUT2D eigenvalue weighted by molar-refractivity contribution is 8.04. The van der Waals surface area contributed by atoms with E-state index in [1.807, 2.05) is 24.5 Å². The third-order valence-electron chi connectivity index (χ3n) is 3.26. The van der Waals surface area contributed by atoms with Crippen molar-refractivity contribution in [1.82, 2.24) is 15.3 Å². The number of hydrogen-bond donors (Lipinski definition) is 3. The van der Waals surface area contributed by atoms with E-state index in [4.69, 9.17) is 5.73 Å². The highest BCUT2D eigenvalue weighted by atomic mass is 35.5. The molecular formula is C14H18ClN5OS. The summed E-state index contributed by atoms with van der Waals surface area (Å²) in [5.74, 6) is 0.811. The summed E-state index contributed by atoms with van der Waals surface area (Å²) in [7, 11) is 0. The van der Waals surface area contributed by atoms with Crippen LogP contribution in [0.25, 0.3) is 11.0 Å². The van der Waals surface area contributed by atoms with Crippen molar-refractivity contribution in [3.63, 3.8) is 0 Å². The Hall–Kier alpha value is -1.70. The topological polar surface area (TPSA) is 87.0 Å². The molecule has 22 heavy (non-hydrogen) atoms. The third-order valence-corrected chi connectivity index (χ3v) is 4.25. The molecule has 0 saturated carbocycles. The summed E-state index contributed by atoms with van der Waals surface area (Å²) in [4.78, 5) is 22.3. The largest absolute Gasteiger partial charge is 0.350 e. The molecule has 1 amide bonds. The third kappa shape index (κ3) is 3.37. The van der Waals surface area contributed by atoms with Crippen LogP contribution in [-0.2, 0) is 4.79 Å². The number of amides is 1. The van der Waals surface area contributed by atoms with Gasteiger partial charge in [0.15, 0.2) is 0 Å². The molecule has 0 unspecified atom stereocenters. The lowest BCUT2D eigenvalue weighted by atomic mass is 10.2. The average Bonchev–Trinajstić information content (AvgIpc) is 3.01. The number of nitrogens with one attached hydrogen (secondary N) is 2. The van der Waals surface area contributed by atoms with Gasteiger partial charge in [0.2, 0.25) is 0 Å². The van der Waals surface area contributed by atoms with Crippen molar-refractivity contribution >= 4 is 46.8 Å². The van der Waals surface area contributed by atoms with Gasteiger partial charge in [0.05, 0.1) is 10.6 Å². The van der Waals surface area contributed by atoms with Gasteiger partial charge in [0.1, 0.15) is 5.65 Å². The van der Waals surface area contributed by atoms with Gasteiger partial charge in [-0.25, -0.2) is 4.98 Å². The molecule has 0 atom stereocenters. The van der Waals surface area contributed by atoms with Gasteiger partial charge in [-0.05, 0) is 12.1 Å². The monoisotopic (exact) mass is 339 g/mol. The Balaban J connectivity index is 0.00000176. The molecule has 1 aliphatic rings. The number of carbonyl (C=O) groups is 1. The second kappa shape index (κ2) is 7.53. The number of hydrogen-bond acceptors (Lipinski definition) is 5. The van der Waals surface area contributed by atoms with Crippen molar-refractivity contribution in [2.75, 3.05) is 30.3 Å². The zero-order valence-corrected chi connectivity index (χ0v) is 13.5. The van der Waals surface area contributed by atoms with Crippen molar-refractivity contribution in [3.05, 3.63) is 35.6 Å². The summed E-state index contributed by atoms with van der Waals surface area (Å²) >= 11 is 1.57. The highest BCUT2D eigenvalue weighted by Gasteiger charge is 2.19. The lowest BCUT2D eigenvalue weighted by Crippen LogP contribution is -2.33. The van der Waals surface area contributed by atoms with Crippen molar-refractivity contribution in [2.24, 2.45) is 5.73 Å². The van der Waals surface area contributed by atoms with E-state index in [0.717, 1.165) is 33.9 Å². The highest BCUT2D eigenvalue weighted by Crippen LogP contribution is 2.30. The lowest BCUT2D eigenvalue weighted by molar-refractivity contribution is -0.116. The predicted molar refractivity (Wildman–Crippen MR) is 93.3 cm³/mol. The van der Waals surface area contributed by atoms with Crippen LogP contribution in [-0.4, -0.2) is 41.3 Å². The van der Waals surface area contributed by atoms with Crippen LogP contribution in [0.2, 0.25) is 0 Å². The van der Waals surface area contributed by atoms with Gasteiger partial charge in [0, 0.05) is 49.4 Å². The zero-order chi connectivity index (χ0) is 14.7. The summed E-state index contributed by atoms with van der Waals surface area (Å²) in [5, 5.41) is 3.87. The Kier molecular flexibility index (Phi) is 5.70. The van der Waals surface area contributed by atoms with E-state index < -0.39 is 0 Å². The Morgan fingerprint density at radius 1 is 1.50 bits per heavy atom. The lowest BCUT2D eigenvalue weighted by Gasteiger charge is -2.26. The number of rotatable bonds is 4. The van der Waals surface area contributed by atoms with Crippen LogP contribution in [0.4, 0.5) is 5.69 Å². The number of carbonyl (C=O) groups excluding carboxylic acids is 1. The van der Waals surface area contributed by atoms with E-state index in [1.54, 1.807) is 18.0 Å². The van der Waals surface area contributed by atoms with Crippen molar-refractivity contribution in [3.8, 4) is 0 Å². The summed E-state index contributed by atoms with van der Waals surface area (Å²) in [6.45, 7) is 1.80. The molecule has 0 spiro atoms. The first-order valence-electron chi connectivity index (χ1n) is 6.81. The van der Waals surface area contributed by atoms with E-state index in [-0.39, 0.29) is 18.3 Å². The minimum Gasteiger partial charge on any atom is -0.350 e. The molecule has 6 nitrogen and oxygen atoms in total. The van der Waals surface area contributed by atoms with Gasteiger partial charge in [-0.2, -0.15) is 0 Å². The maximum absolute atomic E-state index is 12.0. The van der Waals surface area contributed by atoms with Crippen LogP contribution in [0, 0.1) is 0 Å². The number of fused-ring (bicyclic) bond motifs is 1. The standard InChI is InChI=1S/C14H17N5OS.ClH/c15-3-6-18-14(20)12-9-19(7-8-21-12)11-2-5-17-13-10(11)1-4-16-13;/h1-2,4-5,9H,3,6-8,15H2,(H,16,17)(H,18,20);1H. The molecule has 3 rings (SSSR count). The van der Waals surface area contributed by atoms with Crippen LogP contribution >= 0.6 is 24.2 Å². The summed E-state index contributed by atoms with van der Waals surface area (Å²) in [6.07, 6.45) is 5.55. The first-order valence-corrected chi connectivity index (χ1v) is 7.80. The number of H-pyrrole nitrogens is 1. The number of nitrogens with zero attached hydrogens (tertiary/aromatic N) is 2. The van der Waals surface area contributed by atoms with Crippen LogP contribution in [0.15, 0.2) is 35.6 Å². The van der Waals surface area contributed by atoms with Crippen LogP contribution < -0.4 is 16.0 Å². The quantitative estimate of drug-likeness (QED) is 0.785. The SMILES string of the molecule is Cl.NCCNC(=O)C1=CN(c2ccnc3[nH]ccc23)CCS1. The maximum atomic E-state index is 12.0. The number of halogens is 1. The number of aromatic nitrogens is 2. The molecule has 0 fully saturated rings. The molecule has 0 aliphatic carbocycles. The van der Waals surface area contributed by atoms with Gasteiger partial charge >= 0.3 is 0 Å². The molecule has 8 heteroatoms. The van der Waals surface area contributed by atoms with Crippen LogP contribution in [0.5, 0.6) is 0 Å². The van der Waals surface area contributed by atoms with Crippen molar-refractivity contribution in [1.29, 1.82) is 0 Å². The number of anilines is 1. The van der Waals surface area contributed by atoms with E-state index >= 15 is 0 Å². The minimum absolute atomic E-state index is 0. The van der Waals surface area contributed by atoms with Gasteiger partial charge in [-0.1, -0.05) is 0 Å².